The number of unbranched alkanes of at least 4 members (excludes halogenated alkanes) is 12. The lowest BCUT2D eigenvalue weighted by Gasteiger charge is -2.14. The number of carboxylic acids is 1. The SMILES string of the molecule is CCCCCCCC/C=C\CCCCCCCCN=C(N)N(C)CC(=O)O. The van der Waals surface area contributed by atoms with Gasteiger partial charge in [-0.25, -0.2) is 0 Å². The zero-order valence-corrected chi connectivity index (χ0v) is 17.8. The minimum atomic E-state index is -0.895. The number of carboxylic acid groups (broad SMARTS) is 1. The largest absolute Gasteiger partial charge is 0.480 e. The van der Waals surface area contributed by atoms with Gasteiger partial charge in [0.1, 0.15) is 6.54 Å². The first-order chi connectivity index (χ1) is 13.1. The topological polar surface area (TPSA) is 78.9 Å². The molecule has 0 aliphatic heterocycles. The summed E-state index contributed by atoms with van der Waals surface area (Å²) in [6, 6.07) is 0. The molecule has 0 atom stereocenters. The lowest BCUT2D eigenvalue weighted by atomic mass is 10.1. The first kappa shape index (κ1) is 25.5. The number of nitrogens with zero attached hydrogens (tertiary/aromatic N) is 2. The summed E-state index contributed by atoms with van der Waals surface area (Å²) < 4.78 is 0. The molecule has 0 aromatic rings. The van der Waals surface area contributed by atoms with Crippen LogP contribution in [0.4, 0.5) is 0 Å². The van der Waals surface area contributed by atoms with Crippen LogP contribution >= 0.6 is 0 Å². The third kappa shape index (κ3) is 19.1. The van der Waals surface area contributed by atoms with E-state index < -0.39 is 5.97 Å². The van der Waals surface area contributed by atoms with Crippen LogP contribution in [0.1, 0.15) is 96.8 Å². The first-order valence-electron chi connectivity index (χ1n) is 11.0. The van der Waals surface area contributed by atoms with Gasteiger partial charge in [0, 0.05) is 13.6 Å². The molecular formula is C22H43N3O2. The molecule has 0 rings (SSSR count). The Hall–Kier alpha value is -1.52. The highest BCUT2D eigenvalue weighted by molar-refractivity contribution is 5.82. The maximum atomic E-state index is 10.6. The minimum Gasteiger partial charge on any atom is -0.480 e. The number of likely N-dealkylation sites (N-methyl/N-ethyl adjacent to an activating group) is 1. The molecule has 0 spiro atoms. The van der Waals surface area contributed by atoms with Crippen molar-refractivity contribution in [3.8, 4) is 0 Å². The maximum Gasteiger partial charge on any atom is 0.323 e. The summed E-state index contributed by atoms with van der Waals surface area (Å²) in [7, 11) is 1.65. The van der Waals surface area contributed by atoms with Gasteiger partial charge in [0.15, 0.2) is 5.96 Å². The molecule has 0 bridgehead atoms. The Morgan fingerprint density at radius 1 is 0.889 bits per heavy atom. The van der Waals surface area contributed by atoms with Crippen molar-refractivity contribution < 1.29 is 9.90 Å². The molecule has 158 valence electrons. The van der Waals surface area contributed by atoms with Gasteiger partial charge >= 0.3 is 5.97 Å². The second-order valence-electron chi connectivity index (χ2n) is 7.43. The Kier molecular flexibility index (Phi) is 18.2. The number of allylic oxidation sites excluding steroid dienone is 2. The van der Waals surface area contributed by atoms with Crippen molar-refractivity contribution in [3.05, 3.63) is 12.2 Å². The second-order valence-corrected chi connectivity index (χ2v) is 7.43. The monoisotopic (exact) mass is 381 g/mol. The number of hydrogen-bond donors (Lipinski definition) is 2. The van der Waals surface area contributed by atoms with Gasteiger partial charge in [0.2, 0.25) is 0 Å². The smallest absolute Gasteiger partial charge is 0.323 e. The van der Waals surface area contributed by atoms with Crippen LogP contribution in [0.25, 0.3) is 0 Å². The molecule has 0 heterocycles. The van der Waals surface area contributed by atoms with Gasteiger partial charge in [0.05, 0.1) is 0 Å². The molecule has 0 radical (unpaired) electrons. The van der Waals surface area contributed by atoms with E-state index in [2.05, 4.69) is 24.1 Å². The molecule has 3 N–H and O–H groups in total. The molecule has 0 fully saturated rings. The zero-order chi connectivity index (χ0) is 20.2. The summed E-state index contributed by atoms with van der Waals surface area (Å²) in [5.41, 5.74) is 5.74. The quantitative estimate of drug-likeness (QED) is 0.145. The molecule has 5 heteroatoms. The van der Waals surface area contributed by atoms with Gasteiger partial charge in [-0.15, -0.1) is 0 Å². The van der Waals surface area contributed by atoms with Gasteiger partial charge in [0.25, 0.3) is 0 Å². The third-order valence-corrected chi connectivity index (χ3v) is 4.71. The summed E-state index contributed by atoms with van der Waals surface area (Å²) >= 11 is 0. The number of carbonyl (C=O) groups is 1. The lowest BCUT2D eigenvalue weighted by Crippen LogP contribution is -2.37. The lowest BCUT2D eigenvalue weighted by molar-refractivity contribution is -0.137. The van der Waals surface area contributed by atoms with Gasteiger partial charge in [-0.2, -0.15) is 0 Å². The Morgan fingerprint density at radius 3 is 1.89 bits per heavy atom. The summed E-state index contributed by atoms with van der Waals surface area (Å²) in [5, 5.41) is 8.70. The van der Waals surface area contributed by atoms with Crippen molar-refractivity contribution in [3.63, 3.8) is 0 Å². The van der Waals surface area contributed by atoms with E-state index in [-0.39, 0.29) is 6.54 Å². The van der Waals surface area contributed by atoms with Gasteiger partial charge in [-0.1, -0.05) is 76.9 Å². The van der Waals surface area contributed by atoms with Crippen molar-refractivity contribution in [1.29, 1.82) is 0 Å². The molecule has 0 aromatic carbocycles. The minimum absolute atomic E-state index is 0.108. The molecule has 0 unspecified atom stereocenters. The molecule has 5 nitrogen and oxygen atoms in total. The first-order valence-corrected chi connectivity index (χ1v) is 11.0. The average molecular weight is 382 g/mol. The highest BCUT2D eigenvalue weighted by Crippen LogP contribution is 2.10. The predicted octanol–water partition coefficient (Wildman–Crippen LogP) is 5.36. The molecule has 0 aliphatic carbocycles. The van der Waals surface area contributed by atoms with Crippen LogP contribution in [0.5, 0.6) is 0 Å². The van der Waals surface area contributed by atoms with E-state index in [1.165, 1.54) is 81.9 Å². The Morgan fingerprint density at radius 2 is 1.37 bits per heavy atom. The molecule has 0 aromatic heterocycles. The van der Waals surface area contributed by atoms with Crippen molar-refractivity contribution in [1.82, 2.24) is 4.90 Å². The highest BCUT2D eigenvalue weighted by Gasteiger charge is 2.05. The number of guanidine groups is 1. The van der Waals surface area contributed by atoms with Crippen molar-refractivity contribution in [2.45, 2.75) is 96.8 Å². The normalized spacial score (nSPS) is 12.0. The number of nitrogens with two attached hydrogens (primary N) is 1. The van der Waals surface area contributed by atoms with Crippen LogP contribution in [0.15, 0.2) is 17.1 Å². The van der Waals surface area contributed by atoms with Crippen LogP contribution in [0, 0.1) is 0 Å². The van der Waals surface area contributed by atoms with Crippen LogP contribution in [-0.2, 0) is 4.79 Å². The Balaban J connectivity index is 3.35. The fourth-order valence-electron chi connectivity index (χ4n) is 2.96. The molecule has 27 heavy (non-hydrogen) atoms. The second kappa shape index (κ2) is 19.2. The van der Waals surface area contributed by atoms with Crippen molar-refractivity contribution in [2.75, 3.05) is 20.1 Å². The molecule has 0 amide bonds. The van der Waals surface area contributed by atoms with Gasteiger partial charge < -0.3 is 15.7 Å². The fraction of sp³-hybridized carbons (Fsp3) is 0.818. The number of aliphatic carboxylic acids is 1. The number of hydrogen-bond acceptors (Lipinski definition) is 2. The van der Waals surface area contributed by atoms with Gasteiger partial charge in [-0.3, -0.25) is 9.79 Å². The van der Waals surface area contributed by atoms with Crippen LogP contribution in [-0.4, -0.2) is 42.1 Å². The molecule has 0 aliphatic rings. The standard InChI is InChI=1S/C22H43N3O2/c1-3-4-5-6-7-8-9-10-11-12-13-14-15-16-17-18-19-24-22(23)25(2)20-21(26)27/h10-11H,3-9,12-20H2,1-2H3,(H2,23,24)(H,26,27)/b11-10-. The van der Waals surface area contributed by atoms with E-state index in [9.17, 15) is 4.79 Å². The predicted molar refractivity (Wildman–Crippen MR) is 116 cm³/mol. The average Bonchev–Trinajstić information content (AvgIpc) is 2.63. The molecular weight excluding hydrogens is 338 g/mol. The van der Waals surface area contributed by atoms with Crippen LogP contribution in [0.2, 0.25) is 0 Å². The summed E-state index contributed by atoms with van der Waals surface area (Å²) in [6.07, 6.45) is 22.7. The van der Waals surface area contributed by atoms with E-state index in [0.29, 0.717) is 12.5 Å². The van der Waals surface area contributed by atoms with Crippen LogP contribution < -0.4 is 5.73 Å². The number of aliphatic imine (C=N–C) groups is 1. The summed E-state index contributed by atoms with van der Waals surface area (Å²) in [6.45, 7) is 2.83. The summed E-state index contributed by atoms with van der Waals surface area (Å²) in [5.74, 6) is -0.585. The summed E-state index contributed by atoms with van der Waals surface area (Å²) in [4.78, 5) is 16.3. The van der Waals surface area contributed by atoms with E-state index in [1.54, 1.807) is 7.05 Å². The molecule has 0 saturated carbocycles. The van der Waals surface area contributed by atoms with E-state index in [4.69, 9.17) is 10.8 Å². The van der Waals surface area contributed by atoms with E-state index >= 15 is 0 Å². The maximum absolute atomic E-state index is 10.6. The highest BCUT2D eigenvalue weighted by atomic mass is 16.4. The van der Waals surface area contributed by atoms with Crippen molar-refractivity contribution in [2.24, 2.45) is 10.7 Å². The fourth-order valence-corrected chi connectivity index (χ4v) is 2.96. The van der Waals surface area contributed by atoms with Gasteiger partial charge in [-0.05, 0) is 32.1 Å². The Bertz CT molecular complexity index is 408. The number of rotatable bonds is 18. The van der Waals surface area contributed by atoms with Crippen LogP contribution in [0.3, 0.4) is 0 Å². The van der Waals surface area contributed by atoms with E-state index in [1.807, 2.05) is 0 Å². The third-order valence-electron chi connectivity index (χ3n) is 4.71. The molecule has 0 saturated heterocycles. The zero-order valence-electron chi connectivity index (χ0n) is 17.8. The van der Waals surface area contributed by atoms with Crippen molar-refractivity contribution >= 4 is 11.9 Å². The Labute approximate surface area is 167 Å². The van der Waals surface area contributed by atoms with E-state index in [0.717, 1.165) is 12.8 Å².